The molecule has 1 aromatic carbocycles. The molecule has 0 bridgehead atoms. The van der Waals surface area contributed by atoms with Crippen molar-refractivity contribution in [3.05, 3.63) is 28.7 Å². The van der Waals surface area contributed by atoms with Crippen LogP contribution in [0.1, 0.15) is 6.42 Å². The zero-order valence-electron chi connectivity index (χ0n) is 9.53. The Bertz CT molecular complexity index is 410. The first-order valence-corrected chi connectivity index (χ1v) is 6.47. The van der Waals surface area contributed by atoms with E-state index in [-0.39, 0.29) is 11.9 Å². The summed E-state index contributed by atoms with van der Waals surface area (Å²) in [6.45, 7) is 2.13. The molecule has 1 unspecified atom stereocenters. The first kappa shape index (κ1) is 12.5. The minimum Gasteiger partial charge on any atom is -0.326 e. The zero-order valence-corrected chi connectivity index (χ0v) is 11.1. The number of nitrogens with one attached hydrogen (secondary N) is 1. The van der Waals surface area contributed by atoms with Gasteiger partial charge in [0.25, 0.3) is 0 Å². The number of likely N-dealkylation sites (tertiary alicyclic amines) is 1. The number of para-hydroxylation sites is 1. The predicted molar refractivity (Wildman–Crippen MR) is 71.8 cm³/mol. The van der Waals surface area contributed by atoms with Crippen LogP contribution >= 0.6 is 15.9 Å². The van der Waals surface area contributed by atoms with Crippen LogP contribution < -0.4 is 11.1 Å². The molecule has 1 atom stereocenters. The Morgan fingerprint density at radius 3 is 2.94 bits per heavy atom. The lowest BCUT2D eigenvalue weighted by molar-refractivity contribution is -0.117. The fourth-order valence-corrected chi connectivity index (χ4v) is 2.35. The summed E-state index contributed by atoms with van der Waals surface area (Å²) >= 11 is 3.40. The van der Waals surface area contributed by atoms with Crippen molar-refractivity contribution in [2.75, 3.05) is 25.0 Å². The Labute approximate surface area is 109 Å². The average molecular weight is 298 g/mol. The van der Waals surface area contributed by atoms with Crippen molar-refractivity contribution >= 4 is 27.5 Å². The molecule has 0 aromatic heterocycles. The van der Waals surface area contributed by atoms with E-state index in [9.17, 15) is 4.79 Å². The SMILES string of the molecule is NC1CCN(CC(=O)Nc2ccccc2Br)C1. The van der Waals surface area contributed by atoms with E-state index in [0.717, 1.165) is 29.7 Å². The van der Waals surface area contributed by atoms with Crippen LogP contribution in [0.5, 0.6) is 0 Å². The molecule has 92 valence electrons. The third-order valence-electron chi connectivity index (χ3n) is 2.82. The van der Waals surface area contributed by atoms with Gasteiger partial charge in [0.1, 0.15) is 0 Å². The topological polar surface area (TPSA) is 58.4 Å². The normalized spacial score (nSPS) is 20.5. The Hall–Kier alpha value is -0.910. The van der Waals surface area contributed by atoms with Crippen molar-refractivity contribution in [1.29, 1.82) is 0 Å². The number of carbonyl (C=O) groups is 1. The Morgan fingerprint density at radius 1 is 1.53 bits per heavy atom. The smallest absolute Gasteiger partial charge is 0.238 e. The number of rotatable bonds is 3. The molecule has 1 heterocycles. The van der Waals surface area contributed by atoms with Gasteiger partial charge in [-0.2, -0.15) is 0 Å². The Kier molecular flexibility index (Phi) is 4.15. The number of anilines is 1. The molecule has 1 aliphatic rings. The highest BCUT2D eigenvalue weighted by molar-refractivity contribution is 9.10. The van der Waals surface area contributed by atoms with Crippen LogP contribution in [0, 0.1) is 0 Å². The van der Waals surface area contributed by atoms with Gasteiger partial charge in [0.15, 0.2) is 0 Å². The van der Waals surface area contributed by atoms with Crippen LogP contribution in [0.3, 0.4) is 0 Å². The average Bonchev–Trinajstić information content (AvgIpc) is 2.67. The molecule has 0 aliphatic carbocycles. The number of benzene rings is 1. The third kappa shape index (κ3) is 3.52. The highest BCUT2D eigenvalue weighted by Gasteiger charge is 2.21. The van der Waals surface area contributed by atoms with Gasteiger partial charge in [0, 0.05) is 23.6 Å². The highest BCUT2D eigenvalue weighted by atomic mass is 79.9. The summed E-state index contributed by atoms with van der Waals surface area (Å²) in [5.74, 6) is 0.00556. The lowest BCUT2D eigenvalue weighted by Gasteiger charge is -2.15. The lowest BCUT2D eigenvalue weighted by atomic mass is 10.3. The second-order valence-corrected chi connectivity index (χ2v) is 5.17. The fraction of sp³-hybridized carbons (Fsp3) is 0.417. The van der Waals surface area contributed by atoms with Crippen LogP contribution in [0.25, 0.3) is 0 Å². The number of hydrogen-bond donors (Lipinski definition) is 2. The van der Waals surface area contributed by atoms with Crippen molar-refractivity contribution in [2.45, 2.75) is 12.5 Å². The van der Waals surface area contributed by atoms with E-state index in [0.29, 0.717) is 6.54 Å². The maximum absolute atomic E-state index is 11.8. The number of nitrogens with zero attached hydrogens (tertiary/aromatic N) is 1. The monoisotopic (exact) mass is 297 g/mol. The zero-order chi connectivity index (χ0) is 12.3. The van der Waals surface area contributed by atoms with Gasteiger partial charge in [0.2, 0.25) is 5.91 Å². The van der Waals surface area contributed by atoms with Gasteiger partial charge in [-0.15, -0.1) is 0 Å². The summed E-state index contributed by atoms with van der Waals surface area (Å²) in [5, 5.41) is 2.88. The van der Waals surface area contributed by atoms with Crippen LogP contribution in [-0.4, -0.2) is 36.5 Å². The summed E-state index contributed by atoms with van der Waals surface area (Å²) in [4.78, 5) is 13.9. The summed E-state index contributed by atoms with van der Waals surface area (Å²) in [6, 6.07) is 7.80. The first-order chi connectivity index (χ1) is 8.15. The number of halogens is 1. The van der Waals surface area contributed by atoms with E-state index in [1.54, 1.807) is 0 Å². The van der Waals surface area contributed by atoms with Crippen molar-refractivity contribution in [2.24, 2.45) is 5.73 Å². The lowest BCUT2D eigenvalue weighted by Crippen LogP contribution is -2.33. The Balaban J connectivity index is 1.87. The standard InChI is InChI=1S/C12H16BrN3O/c13-10-3-1-2-4-11(10)15-12(17)8-16-6-5-9(14)7-16/h1-4,9H,5-8,14H2,(H,15,17). The minimum absolute atomic E-state index is 0.00556. The van der Waals surface area contributed by atoms with E-state index >= 15 is 0 Å². The van der Waals surface area contributed by atoms with E-state index in [1.165, 1.54) is 0 Å². The van der Waals surface area contributed by atoms with E-state index in [4.69, 9.17) is 5.73 Å². The maximum Gasteiger partial charge on any atom is 0.238 e. The molecule has 2 rings (SSSR count). The van der Waals surface area contributed by atoms with Gasteiger partial charge < -0.3 is 11.1 Å². The second-order valence-electron chi connectivity index (χ2n) is 4.31. The quantitative estimate of drug-likeness (QED) is 0.887. The minimum atomic E-state index is 0.00556. The van der Waals surface area contributed by atoms with Gasteiger partial charge in [0.05, 0.1) is 12.2 Å². The predicted octanol–water partition coefficient (Wildman–Crippen LogP) is 1.42. The molecule has 1 fully saturated rings. The molecule has 0 radical (unpaired) electrons. The van der Waals surface area contributed by atoms with Crippen molar-refractivity contribution < 1.29 is 4.79 Å². The van der Waals surface area contributed by atoms with Crippen molar-refractivity contribution in [3.8, 4) is 0 Å². The molecule has 0 saturated carbocycles. The third-order valence-corrected chi connectivity index (χ3v) is 3.52. The largest absolute Gasteiger partial charge is 0.326 e. The molecule has 5 heteroatoms. The van der Waals surface area contributed by atoms with Gasteiger partial charge in [-0.3, -0.25) is 9.69 Å². The maximum atomic E-state index is 11.8. The summed E-state index contributed by atoms with van der Waals surface area (Å²) in [6.07, 6.45) is 0.975. The Morgan fingerprint density at radius 2 is 2.29 bits per heavy atom. The molecular formula is C12H16BrN3O. The molecule has 1 aliphatic heterocycles. The van der Waals surface area contributed by atoms with Gasteiger partial charge in [-0.25, -0.2) is 0 Å². The molecule has 17 heavy (non-hydrogen) atoms. The summed E-state index contributed by atoms with van der Waals surface area (Å²) in [7, 11) is 0. The number of amides is 1. The fourth-order valence-electron chi connectivity index (χ4n) is 1.96. The van der Waals surface area contributed by atoms with Gasteiger partial charge in [-0.1, -0.05) is 12.1 Å². The molecule has 1 aromatic rings. The van der Waals surface area contributed by atoms with Gasteiger partial charge in [-0.05, 0) is 34.5 Å². The number of nitrogens with two attached hydrogens (primary N) is 1. The number of carbonyl (C=O) groups excluding carboxylic acids is 1. The van der Waals surface area contributed by atoms with Crippen LogP contribution in [0.2, 0.25) is 0 Å². The molecule has 4 nitrogen and oxygen atoms in total. The summed E-state index contributed by atoms with van der Waals surface area (Å²) < 4.78 is 0.895. The molecular weight excluding hydrogens is 282 g/mol. The number of hydrogen-bond acceptors (Lipinski definition) is 3. The molecule has 0 spiro atoms. The van der Waals surface area contributed by atoms with Crippen molar-refractivity contribution in [3.63, 3.8) is 0 Å². The van der Waals surface area contributed by atoms with E-state index in [1.807, 2.05) is 24.3 Å². The van der Waals surface area contributed by atoms with Crippen LogP contribution in [0.15, 0.2) is 28.7 Å². The van der Waals surface area contributed by atoms with E-state index in [2.05, 4.69) is 26.1 Å². The van der Waals surface area contributed by atoms with Crippen molar-refractivity contribution in [1.82, 2.24) is 4.90 Å². The molecule has 1 saturated heterocycles. The van der Waals surface area contributed by atoms with Crippen LogP contribution in [-0.2, 0) is 4.79 Å². The highest BCUT2D eigenvalue weighted by Crippen LogP contribution is 2.21. The molecule has 1 amide bonds. The first-order valence-electron chi connectivity index (χ1n) is 5.67. The van der Waals surface area contributed by atoms with Crippen LogP contribution in [0.4, 0.5) is 5.69 Å². The second kappa shape index (κ2) is 5.62. The van der Waals surface area contributed by atoms with E-state index < -0.39 is 0 Å². The van der Waals surface area contributed by atoms with Gasteiger partial charge >= 0.3 is 0 Å². The summed E-state index contributed by atoms with van der Waals surface area (Å²) in [5.41, 5.74) is 6.60. The molecule has 3 N–H and O–H groups in total.